The SMILES string of the molecule is O=C(O)CCc1nc2nc3ccccc3cc2c(=O)[nH]1. The largest absolute Gasteiger partial charge is 0.481 e. The van der Waals surface area contributed by atoms with E-state index in [4.69, 9.17) is 5.11 Å². The number of aryl methyl sites for hydroxylation is 1. The van der Waals surface area contributed by atoms with E-state index in [1.165, 1.54) is 0 Å². The summed E-state index contributed by atoms with van der Waals surface area (Å²) in [6.07, 6.45) is 0.0943. The number of carboxylic acid groups (broad SMARTS) is 1. The van der Waals surface area contributed by atoms with Crippen molar-refractivity contribution in [2.24, 2.45) is 0 Å². The van der Waals surface area contributed by atoms with E-state index in [-0.39, 0.29) is 18.4 Å². The Morgan fingerprint density at radius 1 is 1.25 bits per heavy atom. The van der Waals surface area contributed by atoms with Crippen LogP contribution in [0.2, 0.25) is 0 Å². The lowest BCUT2D eigenvalue weighted by atomic mass is 10.2. The van der Waals surface area contributed by atoms with Gasteiger partial charge in [0.25, 0.3) is 5.56 Å². The molecule has 6 nitrogen and oxygen atoms in total. The molecule has 0 aliphatic rings. The van der Waals surface area contributed by atoms with Crippen molar-refractivity contribution in [3.8, 4) is 0 Å². The summed E-state index contributed by atoms with van der Waals surface area (Å²) in [4.78, 5) is 33.7. The minimum atomic E-state index is -0.931. The molecule has 0 bridgehead atoms. The van der Waals surface area contributed by atoms with E-state index < -0.39 is 5.97 Å². The zero-order chi connectivity index (χ0) is 14.1. The van der Waals surface area contributed by atoms with Crippen molar-refractivity contribution in [1.82, 2.24) is 15.0 Å². The normalized spacial score (nSPS) is 11.0. The number of rotatable bonds is 3. The first-order valence-electron chi connectivity index (χ1n) is 6.14. The summed E-state index contributed by atoms with van der Waals surface area (Å²) in [5.41, 5.74) is 0.795. The minimum Gasteiger partial charge on any atom is -0.481 e. The van der Waals surface area contributed by atoms with E-state index in [9.17, 15) is 9.59 Å². The van der Waals surface area contributed by atoms with Crippen LogP contribution in [0.5, 0.6) is 0 Å². The molecule has 20 heavy (non-hydrogen) atoms. The standard InChI is InChI=1S/C14H11N3O3/c18-12(19)6-5-11-16-13-9(14(20)17-11)7-8-3-1-2-4-10(8)15-13/h1-4,7H,5-6H2,(H,18,19)(H,15,16,17,20). The third kappa shape index (κ3) is 2.23. The molecule has 6 heteroatoms. The van der Waals surface area contributed by atoms with Crippen molar-refractivity contribution in [3.05, 3.63) is 46.5 Å². The predicted molar refractivity (Wildman–Crippen MR) is 73.6 cm³/mol. The lowest BCUT2D eigenvalue weighted by molar-refractivity contribution is -0.137. The highest BCUT2D eigenvalue weighted by Crippen LogP contribution is 2.15. The van der Waals surface area contributed by atoms with Crippen LogP contribution in [0, 0.1) is 0 Å². The molecule has 0 saturated heterocycles. The van der Waals surface area contributed by atoms with Gasteiger partial charge in [-0.2, -0.15) is 0 Å². The molecule has 0 atom stereocenters. The Labute approximate surface area is 113 Å². The second-order valence-corrected chi connectivity index (χ2v) is 4.46. The molecule has 3 aromatic rings. The molecule has 3 rings (SSSR count). The number of carboxylic acids is 1. The van der Waals surface area contributed by atoms with Gasteiger partial charge in [0.05, 0.1) is 17.3 Å². The molecular weight excluding hydrogens is 258 g/mol. The van der Waals surface area contributed by atoms with Crippen molar-refractivity contribution < 1.29 is 9.90 Å². The number of aromatic amines is 1. The van der Waals surface area contributed by atoms with Gasteiger partial charge in [-0.25, -0.2) is 9.97 Å². The predicted octanol–water partition coefficient (Wildman–Crippen LogP) is 1.49. The number of nitrogens with one attached hydrogen (secondary N) is 1. The number of hydrogen-bond acceptors (Lipinski definition) is 4. The lowest BCUT2D eigenvalue weighted by Crippen LogP contribution is -2.13. The molecule has 0 aliphatic carbocycles. The maximum Gasteiger partial charge on any atom is 0.303 e. The average Bonchev–Trinajstić information content (AvgIpc) is 2.43. The average molecular weight is 269 g/mol. The van der Waals surface area contributed by atoms with E-state index >= 15 is 0 Å². The summed E-state index contributed by atoms with van der Waals surface area (Å²) in [7, 11) is 0. The van der Waals surface area contributed by atoms with Gasteiger partial charge in [0, 0.05) is 11.8 Å². The van der Waals surface area contributed by atoms with Gasteiger partial charge < -0.3 is 10.1 Å². The number of pyridine rings is 1. The van der Waals surface area contributed by atoms with Gasteiger partial charge in [-0.05, 0) is 12.1 Å². The Kier molecular flexibility index (Phi) is 2.90. The van der Waals surface area contributed by atoms with Crippen LogP contribution in [0.15, 0.2) is 35.1 Å². The van der Waals surface area contributed by atoms with Crippen LogP contribution in [0.1, 0.15) is 12.2 Å². The molecule has 1 aromatic carbocycles. The van der Waals surface area contributed by atoms with Crippen molar-refractivity contribution >= 4 is 27.9 Å². The molecule has 100 valence electrons. The Morgan fingerprint density at radius 2 is 2.05 bits per heavy atom. The van der Waals surface area contributed by atoms with Crippen molar-refractivity contribution in [1.29, 1.82) is 0 Å². The van der Waals surface area contributed by atoms with Crippen LogP contribution in [0.25, 0.3) is 21.9 Å². The zero-order valence-electron chi connectivity index (χ0n) is 10.5. The van der Waals surface area contributed by atoms with Crippen LogP contribution >= 0.6 is 0 Å². The van der Waals surface area contributed by atoms with Gasteiger partial charge >= 0.3 is 5.97 Å². The maximum atomic E-state index is 12.0. The number of fused-ring (bicyclic) bond motifs is 2. The number of carbonyl (C=O) groups is 1. The summed E-state index contributed by atoms with van der Waals surface area (Å²) >= 11 is 0. The van der Waals surface area contributed by atoms with Crippen LogP contribution < -0.4 is 5.56 Å². The first kappa shape index (κ1) is 12.3. The minimum absolute atomic E-state index is 0.0813. The Balaban J connectivity index is 2.17. The van der Waals surface area contributed by atoms with Gasteiger partial charge in [0.1, 0.15) is 5.82 Å². The van der Waals surface area contributed by atoms with Crippen LogP contribution in [0.4, 0.5) is 0 Å². The highest BCUT2D eigenvalue weighted by atomic mass is 16.4. The molecule has 0 saturated carbocycles. The quantitative estimate of drug-likeness (QED) is 0.702. The van der Waals surface area contributed by atoms with Crippen molar-refractivity contribution in [3.63, 3.8) is 0 Å². The molecule has 2 heterocycles. The van der Waals surface area contributed by atoms with Crippen molar-refractivity contribution in [2.45, 2.75) is 12.8 Å². The summed E-state index contributed by atoms with van der Waals surface area (Å²) in [5.74, 6) is -0.591. The van der Waals surface area contributed by atoms with Gasteiger partial charge in [-0.3, -0.25) is 9.59 Å². The fourth-order valence-electron chi connectivity index (χ4n) is 2.06. The summed E-state index contributed by atoms with van der Waals surface area (Å²) < 4.78 is 0. The van der Waals surface area contributed by atoms with Crippen molar-refractivity contribution in [2.75, 3.05) is 0 Å². The van der Waals surface area contributed by atoms with Crippen LogP contribution in [0.3, 0.4) is 0 Å². The molecule has 2 aromatic heterocycles. The first-order chi connectivity index (χ1) is 9.63. The van der Waals surface area contributed by atoms with E-state index in [1.807, 2.05) is 24.3 Å². The van der Waals surface area contributed by atoms with Gasteiger partial charge in [-0.15, -0.1) is 0 Å². The monoisotopic (exact) mass is 269 g/mol. The van der Waals surface area contributed by atoms with Gasteiger partial charge in [0.2, 0.25) is 0 Å². The highest BCUT2D eigenvalue weighted by molar-refractivity contribution is 5.90. The lowest BCUT2D eigenvalue weighted by Gasteiger charge is -2.03. The molecule has 0 radical (unpaired) electrons. The topological polar surface area (TPSA) is 95.9 Å². The van der Waals surface area contributed by atoms with E-state index in [0.29, 0.717) is 16.9 Å². The summed E-state index contributed by atoms with van der Waals surface area (Å²) in [6.45, 7) is 0. The van der Waals surface area contributed by atoms with Gasteiger partial charge in [0.15, 0.2) is 5.65 Å². The number of para-hydroxylation sites is 1. The molecule has 0 aliphatic heterocycles. The number of hydrogen-bond donors (Lipinski definition) is 2. The fourth-order valence-corrected chi connectivity index (χ4v) is 2.06. The number of aliphatic carboxylic acids is 1. The van der Waals surface area contributed by atoms with E-state index in [2.05, 4.69) is 15.0 Å². The second kappa shape index (κ2) is 4.73. The van der Waals surface area contributed by atoms with Crippen LogP contribution in [-0.4, -0.2) is 26.0 Å². The number of nitrogens with zero attached hydrogens (tertiary/aromatic N) is 2. The number of H-pyrrole nitrogens is 1. The summed E-state index contributed by atoms with van der Waals surface area (Å²) in [6, 6.07) is 9.19. The molecule has 0 amide bonds. The molecule has 2 N–H and O–H groups in total. The third-order valence-electron chi connectivity index (χ3n) is 3.02. The molecular formula is C14H11N3O3. The smallest absolute Gasteiger partial charge is 0.303 e. The highest BCUT2D eigenvalue weighted by Gasteiger charge is 2.08. The fraction of sp³-hybridized carbons (Fsp3) is 0.143. The third-order valence-corrected chi connectivity index (χ3v) is 3.02. The van der Waals surface area contributed by atoms with Gasteiger partial charge in [-0.1, -0.05) is 18.2 Å². The maximum absolute atomic E-state index is 12.0. The molecule has 0 unspecified atom stereocenters. The van der Waals surface area contributed by atoms with E-state index in [1.54, 1.807) is 6.07 Å². The number of aromatic nitrogens is 3. The van der Waals surface area contributed by atoms with E-state index in [0.717, 1.165) is 10.9 Å². The Bertz CT molecular complexity index is 870. The zero-order valence-corrected chi connectivity index (χ0v) is 10.5. The molecule has 0 fully saturated rings. The second-order valence-electron chi connectivity index (χ2n) is 4.46. The first-order valence-corrected chi connectivity index (χ1v) is 6.14. The Morgan fingerprint density at radius 3 is 2.85 bits per heavy atom. The summed E-state index contributed by atoms with van der Waals surface area (Å²) in [5, 5.41) is 9.93. The molecule has 0 spiro atoms. The number of benzene rings is 1. The Hall–Kier alpha value is -2.76. The van der Waals surface area contributed by atoms with Crippen LogP contribution in [-0.2, 0) is 11.2 Å².